The van der Waals surface area contributed by atoms with Crippen molar-refractivity contribution in [1.29, 1.82) is 0 Å². The van der Waals surface area contributed by atoms with Crippen molar-refractivity contribution in [2.75, 3.05) is 0 Å². The van der Waals surface area contributed by atoms with Gasteiger partial charge in [-0.15, -0.1) is 0 Å². The summed E-state index contributed by atoms with van der Waals surface area (Å²) in [5.74, 6) is -0.894. The number of imide groups is 1. The first-order valence-electron chi connectivity index (χ1n) is 12.2. The number of likely N-dealkylation sites (tertiary alicyclic amines) is 1. The molecule has 33 heavy (non-hydrogen) atoms. The highest BCUT2D eigenvalue weighted by Gasteiger charge is 2.68. The molecule has 6 rings (SSSR count). The van der Waals surface area contributed by atoms with Crippen LogP contribution in [0.2, 0.25) is 0 Å². The van der Waals surface area contributed by atoms with E-state index in [9.17, 15) is 19.2 Å². The molecule has 0 N–H and O–H groups in total. The first kappa shape index (κ1) is 22.1. The van der Waals surface area contributed by atoms with Crippen molar-refractivity contribution < 1.29 is 23.9 Å². The van der Waals surface area contributed by atoms with Crippen molar-refractivity contribution in [3.8, 4) is 0 Å². The monoisotopic (exact) mass is 449 g/mol. The summed E-state index contributed by atoms with van der Waals surface area (Å²) >= 11 is 0. The number of allylic oxidation sites excluding steroid dienone is 2. The van der Waals surface area contributed by atoms with E-state index in [4.69, 9.17) is 4.74 Å². The lowest BCUT2D eigenvalue weighted by Crippen LogP contribution is -2.47. The number of hydrogen-bond donors (Lipinski definition) is 0. The van der Waals surface area contributed by atoms with Crippen LogP contribution in [-0.4, -0.2) is 40.6 Å². The molecular weight excluding hydrogens is 418 g/mol. The molecule has 6 heteroatoms. The summed E-state index contributed by atoms with van der Waals surface area (Å²) in [6, 6.07) is 6.12. The van der Waals surface area contributed by atoms with E-state index < -0.39 is 18.1 Å². The molecule has 0 aromatic heterocycles. The van der Waals surface area contributed by atoms with Gasteiger partial charge in [0.1, 0.15) is 6.04 Å². The van der Waals surface area contributed by atoms with Gasteiger partial charge in [0.05, 0.1) is 11.8 Å². The fourth-order valence-corrected chi connectivity index (χ4v) is 6.30. The van der Waals surface area contributed by atoms with Crippen molar-refractivity contribution in [2.45, 2.75) is 58.6 Å². The van der Waals surface area contributed by atoms with Crippen LogP contribution < -0.4 is 0 Å². The summed E-state index contributed by atoms with van der Waals surface area (Å²) < 4.78 is 5.57. The van der Waals surface area contributed by atoms with Crippen LogP contribution >= 0.6 is 0 Å². The van der Waals surface area contributed by atoms with Gasteiger partial charge in [-0.05, 0) is 50.4 Å². The van der Waals surface area contributed by atoms with Gasteiger partial charge >= 0.3 is 5.97 Å². The minimum absolute atomic E-state index is 0.108. The Morgan fingerprint density at radius 1 is 1.03 bits per heavy atom. The number of unbranched alkanes of at least 4 members (excludes halogenated alkanes) is 1. The van der Waals surface area contributed by atoms with Crippen molar-refractivity contribution in [1.82, 2.24) is 4.90 Å². The molecule has 174 valence electrons. The van der Waals surface area contributed by atoms with Gasteiger partial charge in [0.15, 0.2) is 6.10 Å². The van der Waals surface area contributed by atoms with E-state index in [0.717, 1.165) is 18.4 Å². The van der Waals surface area contributed by atoms with Gasteiger partial charge in [-0.25, -0.2) is 4.79 Å². The summed E-state index contributed by atoms with van der Waals surface area (Å²) in [5, 5.41) is 0. The van der Waals surface area contributed by atoms with Gasteiger partial charge in [-0.3, -0.25) is 19.3 Å². The Kier molecular flexibility index (Phi) is 5.50. The zero-order valence-corrected chi connectivity index (χ0v) is 19.4. The molecule has 8 atom stereocenters. The van der Waals surface area contributed by atoms with Crippen LogP contribution in [0.1, 0.15) is 55.5 Å². The van der Waals surface area contributed by atoms with Crippen LogP contribution in [0.15, 0.2) is 36.4 Å². The number of aryl methyl sites for hydroxylation is 1. The number of ether oxygens (including phenoxy) is 1. The number of Topliss-reactive ketones (excluding diaryl/α,β-unsaturated/α-hetero) is 1. The molecule has 4 aliphatic carbocycles. The molecule has 5 aliphatic rings. The molecule has 1 saturated heterocycles. The summed E-state index contributed by atoms with van der Waals surface area (Å²) in [7, 11) is 0. The molecule has 0 spiro atoms. The molecule has 1 aromatic rings. The molecule has 2 saturated carbocycles. The number of nitrogens with zero attached hydrogens (tertiary/aromatic N) is 1. The summed E-state index contributed by atoms with van der Waals surface area (Å²) in [6.45, 7) is 5.47. The molecule has 0 unspecified atom stereocenters. The van der Waals surface area contributed by atoms with E-state index in [2.05, 4.69) is 12.2 Å². The van der Waals surface area contributed by atoms with Crippen LogP contribution in [0.5, 0.6) is 0 Å². The van der Waals surface area contributed by atoms with Gasteiger partial charge < -0.3 is 4.74 Å². The number of carbonyl (C=O) groups is 4. The van der Waals surface area contributed by atoms with E-state index in [0.29, 0.717) is 30.2 Å². The molecular formula is C27H31NO5. The number of hydrogen-bond acceptors (Lipinski definition) is 5. The fraction of sp³-hybridized carbons (Fsp3) is 0.556. The van der Waals surface area contributed by atoms with Gasteiger partial charge in [0.2, 0.25) is 17.6 Å². The number of benzene rings is 1. The minimum atomic E-state index is -0.995. The zero-order chi connectivity index (χ0) is 23.4. The number of esters is 1. The van der Waals surface area contributed by atoms with Crippen molar-refractivity contribution in [3.63, 3.8) is 0 Å². The number of amides is 2. The third kappa shape index (κ3) is 3.54. The largest absolute Gasteiger partial charge is 0.453 e. The SMILES string of the molecule is CCCC[C@H](C(=O)O[C@@H](C)C(=O)c1ccc(C)cc1)N1C(=O)[C@@H]2[C@@H]3C=C[C@H]([C@H]4C[C@H]34)[C@@H]2C1=O. The van der Waals surface area contributed by atoms with E-state index in [-0.39, 0.29) is 41.3 Å². The molecule has 0 radical (unpaired) electrons. The second-order valence-electron chi connectivity index (χ2n) is 10.2. The lowest BCUT2D eigenvalue weighted by Gasteiger charge is -2.37. The molecule has 1 aromatic carbocycles. The molecule has 3 fully saturated rings. The Balaban J connectivity index is 1.35. The molecule has 6 nitrogen and oxygen atoms in total. The quantitative estimate of drug-likeness (QED) is 0.262. The van der Waals surface area contributed by atoms with Crippen molar-refractivity contribution in [2.24, 2.45) is 35.5 Å². The van der Waals surface area contributed by atoms with E-state index in [1.54, 1.807) is 19.1 Å². The van der Waals surface area contributed by atoms with E-state index in [1.807, 2.05) is 26.0 Å². The topological polar surface area (TPSA) is 80.8 Å². The Morgan fingerprint density at radius 2 is 1.61 bits per heavy atom. The van der Waals surface area contributed by atoms with Crippen LogP contribution in [0.25, 0.3) is 0 Å². The summed E-state index contributed by atoms with van der Waals surface area (Å²) in [5.41, 5.74) is 1.50. The Labute approximate surface area is 194 Å². The normalized spacial score (nSPS) is 32.9. The molecule has 1 aliphatic heterocycles. The number of carbonyl (C=O) groups excluding carboxylic acids is 4. The smallest absolute Gasteiger partial charge is 0.330 e. The summed E-state index contributed by atoms with van der Waals surface area (Å²) in [4.78, 5) is 54.2. The molecule has 2 amide bonds. The van der Waals surface area contributed by atoms with Crippen LogP contribution in [-0.2, 0) is 19.1 Å². The molecule has 2 bridgehead atoms. The Bertz CT molecular complexity index is 991. The fourth-order valence-electron chi connectivity index (χ4n) is 6.30. The average molecular weight is 450 g/mol. The maximum absolute atomic E-state index is 13.5. The number of ketones is 1. The standard InChI is InChI=1S/C27H31NO5/c1-4-5-6-21(27(32)33-15(3)24(29)16-9-7-14(2)8-10-16)28-25(30)22-17-11-12-18(20-13-19(17)20)23(22)26(28)31/h7-12,15,17-23H,4-6,13H2,1-3H3/t15-,17+,18+,19+,20+,21+,22-,23+/m0/s1. The first-order chi connectivity index (χ1) is 15.8. The maximum atomic E-state index is 13.5. The lowest BCUT2D eigenvalue weighted by molar-refractivity contribution is -0.161. The predicted octanol–water partition coefficient (Wildman–Crippen LogP) is 3.72. The van der Waals surface area contributed by atoms with E-state index in [1.165, 1.54) is 4.90 Å². The second-order valence-corrected chi connectivity index (χ2v) is 10.2. The third-order valence-corrected chi connectivity index (χ3v) is 8.11. The van der Waals surface area contributed by atoms with Crippen molar-refractivity contribution >= 4 is 23.6 Å². The molecule has 1 heterocycles. The Morgan fingerprint density at radius 3 is 2.15 bits per heavy atom. The van der Waals surface area contributed by atoms with Gasteiger partial charge in [0, 0.05) is 5.56 Å². The lowest BCUT2D eigenvalue weighted by atomic mass is 9.63. The number of rotatable bonds is 8. The summed E-state index contributed by atoms with van der Waals surface area (Å²) in [6.07, 6.45) is 6.20. The second kappa shape index (κ2) is 8.23. The predicted molar refractivity (Wildman–Crippen MR) is 121 cm³/mol. The van der Waals surface area contributed by atoms with Crippen LogP contribution in [0, 0.1) is 42.4 Å². The van der Waals surface area contributed by atoms with Gasteiger partial charge in [-0.1, -0.05) is 61.7 Å². The highest BCUT2D eigenvalue weighted by molar-refractivity contribution is 6.09. The minimum Gasteiger partial charge on any atom is -0.453 e. The highest BCUT2D eigenvalue weighted by Crippen LogP contribution is 2.65. The maximum Gasteiger partial charge on any atom is 0.330 e. The van der Waals surface area contributed by atoms with Gasteiger partial charge in [0.25, 0.3) is 0 Å². The average Bonchev–Trinajstić information content (AvgIpc) is 3.59. The Hall–Kier alpha value is -2.76. The first-order valence-corrected chi connectivity index (χ1v) is 12.2. The highest BCUT2D eigenvalue weighted by atomic mass is 16.5. The van der Waals surface area contributed by atoms with Crippen LogP contribution in [0.4, 0.5) is 0 Å². The third-order valence-electron chi connectivity index (χ3n) is 8.11. The van der Waals surface area contributed by atoms with Gasteiger partial charge in [-0.2, -0.15) is 0 Å². The van der Waals surface area contributed by atoms with Crippen molar-refractivity contribution in [3.05, 3.63) is 47.5 Å². The zero-order valence-electron chi connectivity index (χ0n) is 19.4. The van der Waals surface area contributed by atoms with Crippen LogP contribution in [0.3, 0.4) is 0 Å². The van der Waals surface area contributed by atoms with E-state index >= 15 is 0 Å².